The Morgan fingerprint density at radius 1 is 1.07 bits per heavy atom. The van der Waals surface area contributed by atoms with Crippen molar-refractivity contribution in [2.45, 2.75) is 23.1 Å². The van der Waals surface area contributed by atoms with E-state index in [1.165, 1.54) is 6.07 Å². The number of hydrogen-bond acceptors (Lipinski definition) is 7. The molecule has 1 aliphatic rings. The molecule has 0 fully saturated rings. The first-order valence-electron chi connectivity index (χ1n) is 11.5. The molecule has 1 aliphatic heterocycles. The van der Waals surface area contributed by atoms with Crippen LogP contribution in [0.25, 0.3) is 0 Å². The molecule has 0 saturated carbocycles. The van der Waals surface area contributed by atoms with E-state index < -0.39 is 39.9 Å². The van der Waals surface area contributed by atoms with Gasteiger partial charge in [0.2, 0.25) is 0 Å². The summed E-state index contributed by atoms with van der Waals surface area (Å²) >= 11 is 13.1. The number of halogens is 5. The van der Waals surface area contributed by atoms with Crippen molar-refractivity contribution < 1.29 is 27.6 Å². The topological polar surface area (TPSA) is 127 Å². The molecule has 5 rings (SSSR count). The SMILES string of the molecule is O=C(NC1c2ccc(Cl)cc2Oc2cc(Cl)ccc21)c1cnc(SCc2ccc([N+](=O)[O-])c(C(F)(F)F)c2)[nH]c1=O. The molecule has 1 amide bonds. The minimum Gasteiger partial charge on any atom is -0.456 e. The summed E-state index contributed by atoms with van der Waals surface area (Å²) in [6.07, 6.45) is -3.87. The summed E-state index contributed by atoms with van der Waals surface area (Å²) in [7, 11) is 0. The van der Waals surface area contributed by atoms with E-state index >= 15 is 0 Å². The van der Waals surface area contributed by atoms with Crippen molar-refractivity contribution in [1.29, 1.82) is 0 Å². The summed E-state index contributed by atoms with van der Waals surface area (Å²) in [5.74, 6) is -0.0298. The van der Waals surface area contributed by atoms with Crippen LogP contribution in [0.5, 0.6) is 11.5 Å². The van der Waals surface area contributed by atoms with Crippen molar-refractivity contribution in [2.75, 3.05) is 0 Å². The second-order valence-electron chi connectivity index (χ2n) is 8.70. The summed E-state index contributed by atoms with van der Waals surface area (Å²) in [5, 5.41) is 14.6. The van der Waals surface area contributed by atoms with Crippen LogP contribution in [0.1, 0.15) is 38.7 Å². The predicted molar refractivity (Wildman–Crippen MR) is 145 cm³/mol. The second-order valence-corrected chi connectivity index (χ2v) is 10.5. The van der Waals surface area contributed by atoms with E-state index in [1.54, 1.807) is 36.4 Å². The first-order valence-corrected chi connectivity index (χ1v) is 13.3. The quantitative estimate of drug-likeness (QED) is 0.103. The Morgan fingerprint density at radius 3 is 2.27 bits per heavy atom. The molecule has 2 heterocycles. The second kappa shape index (κ2) is 11.1. The monoisotopic (exact) mass is 622 g/mol. The Bertz CT molecular complexity index is 1710. The Morgan fingerprint density at radius 2 is 1.71 bits per heavy atom. The number of hydrogen-bond donors (Lipinski definition) is 2. The molecule has 15 heteroatoms. The largest absolute Gasteiger partial charge is 0.456 e. The standard InChI is InChI=1S/C26H15Cl2F3N4O5S/c27-13-2-4-15-20(8-13)40-21-9-14(28)3-5-16(21)22(15)33-23(36)17-10-32-25(34-24(17)37)41-11-12-1-6-19(35(38)39)18(7-12)26(29,30)31/h1-10,22H,11H2,(H,33,36)(H,32,34,37). The highest BCUT2D eigenvalue weighted by Crippen LogP contribution is 2.45. The van der Waals surface area contributed by atoms with E-state index in [-0.39, 0.29) is 22.0 Å². The molecule has 0 spiro atoms. The number of aromatic amines is 1. The van der Waals surface area contributed by atoms with Crippen molar-refractivity contribution in [3.63, 3.8) is 0 Å². The van der Waals surface area contributed by atoms with Crippen molar-refractivity contribution in [3.8, 4) is 11.5 Å². The third-order valence-electron chi connectivity index (χ3n) is 6.03. The van der Waals surface area contributed by atoms with Crippen LogP contribution in [0, 0.1) is 10.1 Å². The van der Waals surface area contributed by atoms with Gasteiger partial charge in [0.25, 0.3) is 17.2 Å². The van der Waals surface area contributed by atoms with Gasteiger partial charge in [0.15, 0.2) is 5.16 Å². The van der Waals surface area contributed by atoms with Crippen molar-refractivity contribution >= 4 is 46.6 Å². The Labute approximate surface area is 242 Å². The van der Waals surface area contributed by atoms with Crippen LogP contribution in [-0.2, 0) is 11.9 Å². The fourth-order valence-electron chi connectivity index (χ4n) is 4.15. The maximum Gasteiger partial charge on any atom is 0.423 e. The molecule has 0 atom stereocenters. The zero-order valence-corrected chi connectivity index (χ0v) is 22.6. The number of aromatic nitrogens is 2. The van der Waals surface area contributed by atoms with Gasteiger partial charge >= 0.3 is 6.18 Å². The van der Waals surface area contributed by atoms with Crippen molar-refractivity contribution in [2.24, 2.45) is 0 Å². The number of carbonyl (C=O) groups excluding carboxylic acids is 1. The van der Waals surface area contributed by atoms with E-state index in [0.717, 1.165) is 24.0 Å². The van der Waals surface area contributed by atoms with E-state index in [0.29, 0.717) is 38.7 Å². The first kappa shape index (κ1) is 28.5. The van der Waals surface area contributed by atoms with Gasteiger partial charge in [0, 0.05) is 39.2 Å². The summed E-state index contributed by atoms with van der Waals surface area (Å²) < 4.78 is 45.7. The first-order chi connectivity index (χ1) is 19.4. The highest BCUT2D eigenvalue weighted by atomic mass is 35.5. The fraction of sp³-hybridized carbons (Fsp3) is 0.115. The lowest BCUT2D eigenvalue weighted by atomic mass is 9.94. The van der Waals surface area contributed by atoms with Crippen LogP contribution in [-0.4, -0.2) is 20.8 Å². The summed E-state index contributed by atoms with van der Waals surface area (Å²) in [6.45, 7) is 0. The van der Waals surface area contributed by atoms with Gasteiger partial charge in [-0.25, -0.2) is 4.98 Å². The number of nitrogens with zero attached hydrogens (tertiary/aromatic N) is 2. The van der Waals surface area contributed by atoms with Gasteiger partial charge < -0.3 is 15.0 Å². The van der Waals surface area contributed by atoms with Gasteiger partial charge in [-0.3, -0.25) is 19.7 Å². The van der Waals surface area contributed by atoms with E-state index in [1.807, 2.05) is 0 Å². The third kappa shape index (κ3) is 6.01. The molecular weight excluding hydrogens is 608 g/mol. The van der Waals surface area contributed by atoms with Gasteiger partial charge in [-0.1, -0.05) is 53.2 Å². The lowest BCUT2D eigenvalue weighted by molar-refractivity contribution is -0.388. The molecule has 3 aromatic carbocycles. The number of H-pyrrole nitrogens is 1. The third-order valence-corrected chi connectivity index (χ3v) is 7.46. The smallest absolute Gasteiger partial charge is 0.423 e. The van der Waals surface area contributed by atoms with E-state index in [9.17, 15) is 32.9 Å². The minimum atomic E-state index is -4.92. The average Bonchev–Trinajstić information content (AvgIpc) is 2.90. The summed E-state index contributed by atoms with van der Waals surface area (Å²) in [5.41, 5.74) is -2.22. The lowest BCUT2D eigenvalue weighted by Crippen LogP contribution is -2.34. The van der Waals surface area contributed by atoms with E-state index in [4.69, 9.17) is 27.9 Å². The molecule has 2 N–H and O–H groups in total. The van der Waals surface area contributed by atoms with Crippen molar-refractivity contribution in [3.05, 3.63) is 119 Å². The normalized spacial score (nSPS) is 12.7. The number of nitrogens with one attached hydrogen (secondary N) is 2. The van der Waals surface area contributed by atoms with Crippen LogP contribution >= 0.6 is 35.0 Å². The van der Waals surface area contributed by atoms with Gasteiger partial charge in [-0.2, -0.15) is 13.2 Å². The molecule has 0 saturated heterocycles. The molecule has 0 radical (unpaired) electrons. The number of amides is 1. The van der Waals surface area contributed by atoms with Crippen molar-refractivity contribution in [1.82, 2.24) is 15.3 Å². The number of fused-ring (bicyclic) bond motifs is 2. The Hall–Kier alpha value is -4.07. The molecule has 9 nitrogen and oxygen atoms in total. The van der Waals surface area contributed by atoms with E-state index in [2.05, 4.69) is 15.3 Å². The van der Waals surface area contributed by atoms with Gasteiger partial charge in [0.1, 0.15) is 22.6 Å². The van der Waals surface area contributed by atoms with Gasteiger partial charge in [0.05, 0.1) is 11.0 Å². The van der Waals surface area contributed by atoms with Crippen LogP contribution < -0.4 is 15.6 Å². The Kier molecular flexibility index (Phi) is 7.68. The minimum absolute atomic E-state index is 0.0319. The van der Waals surface area contributed by atoms with Crippen LogP contribution in [0.2, 0.25) is 10.0 Å². The maximum absolute atomic E-state index is 13.3. The molecule has 0 aliphatic carbocycles. The molecule has 210 valence electrons. The molecular formula is C26H15Cl2F3N4O5S. The lowest BCUT2D eigenvalue weighted by Gasteiger charge is -2.29. The number of carbonyl (C=O) groups is 1. The zero-order valence-electron chi connectivity index (χ0n) is 20.3. The molecule has 41 heavy (non-hydrogen) atoms. The number of benzene rings is 3. The number of ether oxygens (including phenoxy) is 1. The molecule has 1 aromatic heterocycles. The number of nitro benzene ring substituents is 1. The number of alkyl halides is 3. The summed E-state index contributed by atoms with van der Waals surface area (Å²) in [4.78, 5) is 42.3. The number of rotatable bonds is 6. The molecule has 0 unspecified atom stereocenters. The highest BCUT2D eigenvalue weighted by molar-refractivity contribution is 7.98. The highest BCUT2D eigenvalue weighted by Gasteiger charge is 2.38. The molecule has 4 aromatic rings. The Balaban J connectivity index is 1.35. The number of thioether (sulfide) groups is 1. The van der Waals surface area contributed by atoms with Crippen LogP contribution in [0.3, 0.4) is 0 Å². The average molecular weight is 623 g/mol. The van der Waals surface area contributed by atoms with Gasteiger partial charge in [-0.15, -0.1) is 0 Å². The predicted octanol–water partition coefficient (Wildman–Crippen LogP) is 6.92. The maximum atomic E-state index is 13.3. The zero-order chi connectivity index (χ0) is 29.5. The summed E-state index contributed by atoms with van der Waals surface area (Å²) in [6, 6.07) is 11.7. The molecule has 0 bridgehead atoms. The number of nitro groups is 1. The fourth-order valence-corrected chi connectivity index (χ4v) is 5.24. The van der Waals surface area contributed by atoms with Crippen LogP contribution in [0.4, 0.5) is 18.9 Å². The van der Waals surface area contributed by atoms with Gasteiger partial charge in [-0.05, 0) is 35.9 Å². The van der Waals surface area contributed by atoms with Crippen LogP contribution in [0.15, 0.2) is 70.7 Å².